The first-order valence-corrected chi connectivity index (χ1v) is 7.17. The predicted octanol–water partition coefficient (Wildman–Crippen LogP) is 5.01. The van der Waals surface area contributed by atoms with Crippen LogP contribution < -0.4 is 4.74 Å². The summed E-state index contributed by atoms with van der Waals surface area (Å²) in [5.41, 5.74) is 0.00857. The summed E-state index contributed by atoms with van der Waals surface area (Å²) in [5.74, 6) is 1.26. The van der Waals surface area contributed by atoms with E-state index in [0.29, 0.717) is 11.5 Å². The molecule has 0 amide bonds. The topological polar surface area (TPSA) is 72.6 Å². The Morgan fingerprint density at radius 1 is 1.05 bits per heavy atom. The third kappa shape index (κ3) is 2.73. The Balaban J connectivity index is 2.02. The van der Waals surface area contributed by atoms with Gasteiger partial charge in [-0.25, -0.2) is 0 Å². The maximum absolute atomic E-state index is 10.7. The maximum atomic E-state index is 10.7. The number of hydrogen-bond acceptors (Lipinski definition) is 4. The zero-order chi connectivity index (χ0) is 15.7. The molecule has 110 valence electrons. The first-order chi connectivity index (χ1) is 10.5. The minimum atomic E-state index is -0.458. The summed E-state index contributed by atoms with van der Waals surface area (Å²) in [5, 5.41) is 21.9. The summed E-state index contributed by atoms with van der Waals surface area (Å²) in [7, 11) is 0. The molecule has 0 unspecified atom stereocenters. The molecule has 0 heterocycles. The summed E-state index contributed by atoms with van der Waals surface area (Å²) in [6.45, 7) is 0. The van der Waals surface area contributed by atoms with Crippen LogP contribution in [0.5, 0.6) is 17.2 Å². The lowest BCUT2D eigenvalue weighted by Gasteiger charge is -2.11. The van der Waals surface area contributed by atoms with Gasteiger partial charge in [0, 0.05) is 17.5 Å². The SMILES string of the molecule is O=[N+]([O-])c1ccc(Oc2c(Br)ccc3cc(O)ccc23)cc1. The lowest BCUT2D eigenvalue weighted by Crippen LogP contribution is -1.90. The minimum Gasteiger partial charge on any atom is -0.508 e. The molecular formula is C16H10BrNO4. The lowest BCUT2D eigenvalue weighted by molar-refractivity contribution is -0.384. The largest absolute Gasteiger partial charge is 0.508 e. The van der Waals surface area contributed by atoms with E-state index in [4.69, 9.17) is 4.74 Å². The van der Waals surface area contributed by atoms with Gasteiger partial charge in [0.15, 0.2) is 0 Å². The number of nitrogens with zero attached hydrogens (tertiary/aromatic N) is 1. The van der Waals surface area contributed by atoms with Crippen molar-refractivity contribution in [2.45, 2.75) is 0 Å². The quantitative estimate of drug-likeness (QED) is 0.527. The number of halogens is 1. The molecule has 6 heteroatoms. The molecule has 5 nitrogen and oxygen atoms in total. The smallest absolute Gasteiger partial charge is 0.269 e. The highest BCUT2D eigenvalue weighted by Gasteiger charge is 2.10. The zero-order valence-electron chi connectivity index (χ0n) is 11.2. The molecule has 0 aliphatic carbocycles. The van der Waals surface area contributed by atoms with Crippen LogP contribution in [-0.2, 0) is 0 Å². The number of ether oxygens (including phenoxy) is 1. The molecule has 1 N–H and O–H groups in total. The van der Waals surface area contributed by atoms with Gasteiger partial charge in [0.05, 0.1) is 9.40 Å². The van der Waals surface area contributed by atoms with Gasteiger partial charge >= 0.3 is 0 Å². The number of benzene rings is 3. The summed E-state index contributed by atoms with van der Waals surface area (Å²) in [4.78, 5) is 10.2. The Labute approximate surface area is 134 Å². The molecule has 3 aromatic carbocycles. The van der Waals surface area contributed by atoms with Crippen LogP contribution in [0, 0.1) is 10.1 Å². The molecular weight excluding hydrogens is 350 g/mol. The van der Waals surface area contributed by atoms with Gasteiger partial charge in [-0.3, -0.25) is 10.1 Å². The standard InChI is InChI=1S/C16H10BrNO4/c17-15-8-1-10-9-12(19)4-7-14(10)16(15)22-13-5-2-11(3-6-13)18(20)21/h1-9,19H. The number of nitro groups is 1. The Kier molecular flexibility index (Phi) is 3.68. The third-order valence-corrected chi connectivity index (χ3v) is 3.80. The van der Waals surface area contributed by atoms with Crippen molar-refractivity contribution in [2.24, 2.45) is 0 Å². The molecule has 0 saturated heterocycles. The molecule has 22 heavy (non-hydrogen) atoms. The molecule has 0 aliphatic heterocycles. The number of aromatic hydroxyl groups is 1. The fraction of sp³-hybridized carbons (Fsp3) is 0. The zero-order valence-corrected chi connectivity index (χ0v) is 12.8. The molecule has 3 aromatic rings. The number of hydrogen-bond donors (Lipinski definition) is 1. The highest BCUT2D eigenvalue weighted by molar-refractivity contribution is 9.10. The Morgan fingerprint density at radius 2 is 1.77 bits per heavy atom. The van der Waals surface area contributed by atoms with Crippen molar-refractivity contribution in [3.05, 3.63) is 69.2 Å². The first kappa shape index (κ1) is 14.3. The molecule has 0 bridgehead atoms. The van der Waals surface area contributed by atoms with Crippen LogP contribution in [0.3, 0.4) is 0 Å². The number of fused-ring (bicyclic) bond motifs is 1. The lowest BCUT2D eigenvalue weighted by atomic mass is 10.1. The summed E-state index contributed by atoms with van der Waals surface area (Å²) >= 11 is 3.44. The van der Waals surface area contributed by atoms with Crippen LogP contribution in [-0.4, -0.2) is 10.0 Å². The molecule has 3 rings (SSSR count). The van der Waals surface area contributed by atoms with E-state index in [1.807, 2.05) is 12.1 Å². The van der Waals surface area contributed by atoms with Crippen LogP contribution in [0.2, 0.25) is 0 Å². The van der Waals surface area contributed by atoms with Crippen molar-refractivity contribution in [2.75, 3.05) is 0 Å². The molecule has 0 atom stereocenters. The summed E-state index contributed by atoms with van der Waals surface area (Å²) < 4.78 is 6.60. The van der Waals surface area contributed by atoms with E-state index in [9.17, 15) is 15.2 Å². The number of non-ortho nitro benzene ring substituents is 1. The van der Waals surface area contributed by atoms with Crippen molar-refractivity contribution >= 4 is 32.4 Å². The van der Waals surface area contributed by atoms with Crippen molar-refractivity contribution < 1.29 is 14.8 Å². The van der Waals surface area contributed by atoms with Crippen LogP contribution in [0.25, 0.3) is 10.8 Å². The van der Waals surface area contributed by atoms with E-state index < -0.39 is 4.92 Å². The van der Waals surface area contributed by atoms with Crippen LogP contribution in [0.1, 0.15) is 0 Å². The van der Waals surface area contributed by atoms with Gasteiger partial charge in [-0.15, -0.1) is 0 Å². The van der Waals surface area contributed by atoms with Gasteiger partial charge in [-0.2, -0.15) is 0 Å². The Hall–Kier alpha value is -2.60. The van der Waals surface area contributed by atoms with E-state index in [2.05, 4.69) is 15.9 Å². The number of phenolic OH excluding ortho intramolecular Hbond substituents is 1. The van der Waals surface area contributed by atoms with Gasteiger partial charge in [0.2, 0.25) is 0 Å². The molecule has 0 aliphatic rings. The number of rotatable bonds is 3. The van der Waals surface area contributed by atoms with E-state index in [0.717, 1.165) is 15.2 Å². The monoisotopic (exact) mass is 359 g/mol. The first-order valence-electron chi connectivity index (χ1n) is 6.38. The second-order valence-corrected chi connectivity index (χ2v) is 5.49. The second kappa shape index (κ2) is 5.65. The maximum Gasteiger partial charge on any atom is 0.269 e. The van der Waals surface area contributed by atoms with Gasteiger partial charge in [-0.1, -0.05) is 6.07 Å². The molecule has 0 saturated carbocycles. The number of phenols is 1. The number of nitro benzene ring substituents is 1. The summed E-state index contributed by atoms with van der Waals surface area (Å²) in [6, 6.07) is 14.5. The Morgan fingerprint density at radius 3 is 2.45 bits per heavy atom. The van der Waals surface area contributed by atoms with Gasteiger partial charge < -0.3 is 9.84 Å². The van der Waals surface area contributed by atoms with Gasteiger partial charge in [0.1, 0.15) is 17.2 Å². The molecule has 0 spiro atoms. The van der Waals surface area contributed by atoms with Crippen molar-refractivity contribution in [1.82, 2.24) is 0 Å². The predicted molar refractivity (Wildman–Crippen MR) is 86.5 cm³/mol. The minimum absolute atomic E-state index is 0.00857. The fourth-order valence-corrected chi connectivity index (χ4v) is 2.55. The van der Waals surface area contributed by atoms with E-state index in [1.165, 1.54) is 12.1 Å². The summed E-state index contributed by atoms with van der Waals surface area (Å²) in [6.07, 6.45) is 0. The Bertz CT molecular complexity index is 862. The second-order valence-electron chi connectivity index (χ2n) is 4.64. The highest BCUT2D eigenvalue weighted by atomic mass is 79.9. The van der Waals surface area contributed by atoms with Crippen LogP contribution in [0.4, 0.5) is 5.69 Å². The fourth-order valence-electron chi connectivity index (χ4n) is 2.12. The van der Waals surface area contributed by atoms with Crippen LogP contribution in [0.15, 0.2) is 59.1 Å². The average molecular weight is 360 g/mol. The van der Waals surface area contributed by atoms with Crippen molar-refractivity contribution in [3.63, 3.8) is 0 Å². The third-order valence-electron chi connectivity index (χ3n) is 3.17. The van der Waals surface area contributed by atoms with E-state index in [1.54, 1.807) is 30.3 Å². The van der Waals surface area contributed by atoms with E-state index >= 15 is 0 Å². The van der Waals surface area contributed by atoms with Gasteiger partial charge in [0.25, 0.3) is 5.69 Å². The average Bonchev–Trinajstić information content (AvgIpc) is 2.50. The van der Waals surface area contributed by atoms with Crippen LogP contribution >= 0.6 is 15.9 Å². The molecule has 0 aromatic heterocycles. The molecule has 0 radical (unpaired) electrons. The van der Waals surface area contributed by atoms with Crippen molar-refractivity contribution in [3.8, 4) is 17.2 Å². The normalized spacial score (nSPS) is 10.6. The highest BCUT2D eigenvalue weighted by Crippen LogP contribution is 2.38. The molecule has 0 fully saturated rings. The van der Waals surface area contributed by atoms with Gasteiger partial charge in [-0.05, 0) is 57.7 Å². The van der Waals surface area contributed by atoms with Crippen molar-refractivity contribution in [1.29, 1.82) is 0 Å². The van der Waals surface area contributed by atoms with E-state index in [-0.39, 0.29) is 11.4 Å².